The van der Waals surface area contributed by atoms with Crippen LogP contribution in [0, 0.1) is 19.7 Å². The molecule has 1 saturated heterocycles. The van der Waals surface area contributed by atoms with Gasteiger partial charge in [0.25, 0.3) is 11.5 Å². The number of nitrogens with zero attached hydrogens (tertiary/aromatic N) is 2. The summed E-state index contributed by atoms with van der Waals surface area (Å²) in [6.45, 7) is 7.68. The van der Waals surface area contributed by atoms with Gasteiger partial charge in [0.2, 0.25) is 0 Å². The van der Waals surface area contributed by atoms with Crippen LogP contribution in [0.3, 0.4) is 0 Å². The first-order valence-electron chi connectivity index (χ1n) is 11.9. The molecule has 1 aromatic heterocycles. The van der Waals surface area contributed by atoms with E-state index >= 15 is 0 Å². The summed E-state index contributed by atoms with van der Waals surface area (Å²) >= 11 is 0. The maximum absolute atomic E-state index is 13.8. The zero-order valence-electron chi connectivity index (χ0n) is 20.2. The quantitative estimate of drug-likeness (QED) is 0.563. The highest BCUT2D eigenvalue weighted by molar-refractivity contribution is 6.06. The van der Waals surface area contributed by atoms with Crippen LogP contribution in [0.25, 0.3) is 10.9 Å². The van der Waals surface area contributed by atoms with Crippen molar-refractivity contribution in [2.24, 2.45) is 0 Å². The number of nitrogens with one attached hydrogen (secondary N) is 2. The van der Waals surface area contributed by atoms with E-state index in [4.69, 9.17) is 0 Å². The minimum Gasteiger partial charge on any atom is -0.355 e. The number of carbonyl (C=O) groups is 1. The average Bonchev–Trinajstić information content (AvgIpc) is 2.84. The minimum atomic E-state index is -0.249. The number of likely N-dealkylation sites (tertiary alicyclic amines) is 1. The molecule has 6 nitrogen and oxygen atoms in total. The molecule has 4 rings (SSSR count). The number of hydrogen-bond donors (Lipinski definition) is 2. The van der Waals surface area contributed by atoms with Gasteiger partial charge in [-0.05, 0) is 68.6 Å². The predicted molar refractivity (Wildman–Crippen MR) is 134 cm³/mol. The van der Waals surface area contributed by atoms with Crippen LogP contribution >= 0.6 is 0 Å². The van der Waals surface area contributed by atoms with Gasteiger partial charge in [0, 0.05) is 44.2 Å². The Balaban J connectivity index is 1.37. The standard InChI is InChI=1S/C27H33FN4O2/c1-18-4-7-22-23(27(34)29-3)16-26(33)32(25(22)14-18)13-12-31-10-8-21(9-11-31)30-17-20-6-5-19(2)24(28)15-20/h4-7,14-16,21,30H,8-13,17H2,1-3H3,(H,29,34). The van der Waals surface area contributed by atoms with Crippen LogP contribution in [-0.2, 0) is 13.1 Å². The van der Waals surface area contributed by atoms with Crippen LogP contribution in [0.4, 0.5) is 4.39 Å². The van der Waals surface area contributed by atoms with Gasteiger partial charge in [0.1, 0.15) is 5.82 Å². The molecular weight excluding hydrogens is 431 g/mol. The van der Waals surface area contributed by atoms with Gasteiger partial charge in [-0.3, -0.25) is 9.59 Å². The molecule has 7 heteroatoms. The number of hydrogen-bond acceptors (Lipinski definition) is 4. The summed E-state index contributed by atoms with van der Waals surface area (Å²) in [7, 11) is 1.57. The van der Waals surface area contributed by atoms with Gasteiger partial charge in [-0.2, -0.15) is 0 Å². The van der Waals surface area contributed by atoms with E-state index in [-0.39, 0.29) is 17.3 Å². The maximum atomic E-state index is 13.8. The second-order valence-electron chi connectivity index (χ2n) is 9.23. The fraction of sp³-hybridized carbons (Fsp3) is 0.407. The van der Waals surface area contributed by atoms with Crippen LogP contribution in [0.5, 0.6) is 0 Å². The molecule has 34 heavy (non-hydrogen) atoms. The summed E-state index contributed by atoms with van der Waals surface area (Å²) in [6.07, 6.45) is 2.03. The van der Waals surface area contributed by atoms with Gasteiger partial charge in [0.05, 0.1) is 11.1 Å². The number of fused-ring (bicyclic) bond motifs is 1. The number of benzene rings is 2. The Morgan fingerprint density at radius 2 is 1.82 bits per heavy atom. The summed E-state index contributed by atoms with van der Waals surface area (Å²) in [5.41, 5.74) is 3.75. The molecule has 3 aromatic rings. The van der Waals surface area contributed by atoms with E-state index in [2.05, 4.69) is 15.5 Å². The Morgan fingerprint density at radius 1 is 1.06 bits per heavy atom. The van der Waals surface area contributed by atoms with E-state index in [9.17, 15) is 14.0 Å². The smallest absolute Gasteiger partial charge is 0.251 e. The Bertz CT molecular complexity index is 1250. The fourth-order valence-electron chi connectivity index (χ4n) is 4.65. The number of amides is 1. The minimum absolute atomic E-state index is 0.154. The normalized spacial score (nSPS) is 15.1. The summed E-state index contributed by atoms with van der Waals surface area (Å²) < 4.78 is 15.6. The van der Waals surface area contributed by atoms with Gasteiger partial charge in [0.15, 0.2) is 0 Å². The highest BCUT2D eigenvalue weighted by Crippen LogP contribution is 2.20. The Hall–Kier alpha value is -3.03. The number of piperidine rings is 1. The molecule has 2 aromatic carbocycles. The van der Waals surface area contributed by atoms with Crippen molar-refractivity contribution in [1.29, 1.82) is 0 Å². The molecule has 0 unspecified atom stereocenters. The zero-order valence-corrected chi connectivity index (χ0v) is 20.2. The first-order valence-corrected chi connectivity index (χ1v) is 11.9. The molecular formula is C27H33FN4O2. The average molecular weight is 465 g/mol. The molecule has 1 fully saturated rings. The molecule has 0 atom stereocenters. The van der Waals surface area contributed by atoms with Crippen molar-refractivity contribution in [1.82, 2.24) is 20.1 Å². The first kappa shape index (κ1) is 24.1. The number of carbonyl (C=O) groups excluding carboxylic acids is 1. The molecule has 1 amide bonds. The molecule has 0 aliphatic carbocycles. The third-order valence-corrected chi connectivity index (χ3v) is 6.80. The topological polar surface area (TPSA) is 66.4 Å². The summed E-state index contributed by atoms with van der Waals surface area (Å²) in [6, 6.07) is 13.1. The largest absolute Gasteiger partial charge is 0.355 e. The molecule has 2 N–H and O–H groups in total. The number of aryl methyl sites for hydroxylation is 2. The van der Waals surface area contributed by atoms with E-state index in [1.807, 2.05) is 37.3 Å². The van der Waals surface area contributed by atoms with E-state index in [0.29, 0.717) is 30.3 Å². The van der Waals surface area contributed by atoms with Gasteiger partial charge < -0.3 is 20.1 Å². The monoisotopic (exact) mass is 464 g/mol. The Morgan fingerprint density at radius 3 is 2.53 bits per heavy atom. The molecule has 0 spiro atoms. The molecule has 180 valence electrons. The lowest BCUT2D eigenvalue weighted by Crippen LogP contribution is -2.43. The zero-order chi connectivity index (χ0) is 24.2. The molecule has 2 heterocycles. The van der Waals surface area contributed by atoms with Crippen LogP contribution in [-0.4, -0.2) is 48.1 Å². The highest BCUT2D eigenvalue weighted by Gasteiger charge is 2.20. The van der Waals surface area contributed by atoms with Gasteiger partial charge in [-0.1, -0.05) is 24.3 Å². The summed E-state index contributed by atoms with van der Waals surface area (Å²) in [5, 5.41) is 6.97. The fourth-order valence-corrected chi connectivity index (χ4v) is 4.65. The Kier molecular flexibility index (Phi) is 7.44. The van der Waals surface area contributed by atoms with Crippen molar-refractivity contribution >= 4 is 16.8 Å². The molecule has 0 saturated carbocycles. The second kappa shape index (κ2) is 10.5. The lowest BCUT2D eigenvalue weighted by atomic mass is 10.0. The molecule has 1 aliphatic rings. The lowest BCUT2D eigenvalue weighted by Gasteiger charge is -2.32. The lowest BCUT2D eigenvalue weighted by molar-refractivity contribution is 0.0964. The third-order valence-electron chi connectivity index (χ3n) is 6.80. The maximum Gasteiger partial charge on any atom is 0.251 e. The van der Waals surface area contributed by atoms with Crippen molar-refractivity contribution in [3.63, 3.8) is 0 Å². The van der Waals surface area contributed by atoms with Crippen molar-refractivity contribution in [3.05, 3.63) is 80.9 Å². The highest BCUT2D eigenvalue weighted by atomic mass is 19.1. The van der Waals surface area contributed by atoms with Crippen LogP contribution in [0.15, 0.2) is 47.3 Å². The SMILES string of the molecule is CNC(=O)c1cc(=O)n(CCN2CCC(NCc3ccc(C)c(F)c3)CC2)c2cc(C)ccc12. The van der Waals surface area contributed by atoms with Gasteiger partial charge in [-0.15, -0.1) is 0 Å². The van der Waals surface area contributed by atoms with E-state index in [0.717, 1.165) is 54.5 Å². The number of halogens is 1. The summed E-state index contributed by atoms with van der Waals surface area (Å²) in [4.78, 5) is 27.6. The predicted octanol–water partition coefficient (Wildman–Crippen LogP) is 3.37. The second-order valence-corrected chi connectivity index (χ2v) is 9.23. The Labute approximate surface area is 199 Å². The van der Waals surface area contributed by atoms with Crippen LogP contribution in [0.1, 0.15) is 39.9 Å². The molecule has 0 radical (unpaired) electrons. The van der Waals surface area contributed by atoms with E-state index in [1.165, 1.54) is 6.07 Å². The van der Waals surface area contributed by atoms with Crippen molar-refractivity contribution < 1.29 is 9.18 Å². The molecule has 0 bridgehead atoms. The number of rotatable bonds is 7. The first-order chi connectivity index (χ1) is 16.4. The van der Waals surface area contributed by atoms with Gasteiger partial charge >= 0.3 is 0 Å². The van der Waals surface area contributed by atoms with Crippen molar-refractivity contribution in [2.75, 3.05) is 26.7 Å². The number of pyridine rings is 1. The third kappa shape index (κ3) is 5.37. The van der Waals surface area contributed by atoms with Crippen LogP contribution < -0.4 is 16.2 Å². The molecule has 1 aliphatic heterocycles. The van der Waals surface area contributed by atoms with Crippen LogP contribution in [0.2, 0.25) is 0 Å². The van der Waals surface area contributed by atoms with E-state index < -0.39 is 0 Å². The van der Waals surface area contributed by atoms with E-state index in [1.54, 1.807) is 24.6 Å². The van der Waals surface area contributed by atoms with Gasteiger partial charge in [-0.25, -0.2) is 4.39 Å². The summed E-state index contributed by atoms with van der Waals surface area (Å²) in [5.74, 6) is -0.406. The number of aromatic nitrogens is 1. The van der Waals surface area contributed by atoms with Crippen molar-refractivity contribution in [3.8, 4) is 0 Å². The van der Waals surface area contributed by atoms with Crippen molar-refractivity contribution in [2.45, 2.75) is 45.8 Å².